The number of carbonyl (C=O) groups is 1. The number of carboxylic acids is 1. The van der Waals surface area contributed by atoms with E-state index in [1.165, 1.54) is 6.07 Å². The number of nitrogen functional groups attached to an aromatic ring is 1. The Balaban J connectivity index is 0.000000730. The summed E-state index contributed by atoms with van der Waals surface area (Å²) in [7, 11) is 1.90. The molecule has 0 spiro atoms. The van der Waals surface area contributed by atoms with Crippen LogP contribution in [0.3, 0.4) is 0 Å². The Labute approximate surface area is 301 Å². The smallest absolute Gasteiger partial charge is 0.475 e. The number of hydrogen-bond acceptors (Lipinski definition) is 9. The Bertz CT molecular complexity index is 1980. The van der Waals surface area contributed by atoms with Crippen LogP contribution in [0.15, 0.2) is 6.07 Å². The lowest BCUT2D eigenvalue weighted by atomic mass is 9.73. The molecule has 20 heteroatoms. The van der Waals surface area contributed by atoms with Crippen LogP contribution in [0.1, 0.15) is 42.9 Å². The van der Waals surface area contributed by atoms with E-state index in [0.717, 1.165) is 25.8 Å². The van der Waals surface area contributed by atoms with Crippen molar-refractivity contribution in [2.75, 3.05) is 57.1 Å². The number of piperazine rings is 1. The first-order valence-electron chi connectivity index (χ1n) is 16.6. The first-order chi connectivity index (χ1) is 25.1. The summed E-state index contributed by atoms with van der Waals surface area (Å²) in [5.41, 5.74) is -2.76. The molecule has 2 bridgehead atoms. The fraction of sp³-hybridized carbons (Fsp3) is 0.529. The summed E-state index contributed by atoms with van der Waals surface area (Å²) in [6.45, 7) is 4.06. The van der Waals surface area contributed by atoms with E-state index < -0.39 is 86.9 Å². The highest BCUT2D eigenvalue weighted by molar-refractivity contribution is 5.96. The third kappa shape index (κ3) is 7.78. The molecule has 4 N–H and O–H groups in total. The van der Waals surface area contributed by atoms with Crippen LogP contribution in [-0.4, -0.2) is 90.7 Å². The van der Waals surface area contributed by atoms with Gasteiger partial charge < -0.3 is 30.7 Å². The van der Waals surface area contributed by atoms with Crippen molar-refractivity contribution in [1.82, 2.24) is 20.2 Å². The molecule has 2 aromatic carbocycles. The molecule has 6 rings (SSSR count). The summed E-state index contributed by atoms with van der Waals surface area (Å²) in [4.78, 5) is 21.5. The molecular formula is C34H35F10N7O3. The first-order valence-corrected chi connectivity index (χ1v) is 16.6. The van der Waals surface area contributed by atoms with Crippen molar-refractivity contribution in [1.29, 1.82) is 5.26 Å². The fourth-order valence-electron chi connectivity index (χ4n) is 7.46. The number of alkyl halides is 7. The topological polar surface area (TPSA) is 141 Å². The predicted octanol–water partition coefficient (Wildman–Crippen LogP) is 6.38. The van der Waals surface area contributed by atoms with Gasteiger partial charge in [0.1, 0.15) is 23.2 Å². The maximum Gasteiger partial charge on any atom is 0.490 e. The largest absolute Gasteiger partial charge is 0.490 e. The summed E-state index contributed by atoms with van der Waals surface area (Å²) in [5, 5.41) is 20.2. The highest BCUT2D eigenvalue weighted by atomic mass is 19.4. The lowest BCUT2D eigenvalue weighted by molar-refractivity contribution is -0.192. The number of rotatable bonds is 6. The molecule has 0 amide bonds. The molecule has 10 nitrogen and oxygen atoms in total. The molecule has 3 aliphatic heterocycles. The molecule has 0 unspecified atom stereocenters. The number of nitrogens with two attached hydrogens (primary N) is 1. The van der Waals surface area contributed by atoms with Gasteiger partial charge in [0.05, 0.1) is 35.7 Å². The number of halogens is 10. The average molecular weight is 780 g/mol. The third-order valence-electron chi connectivity index (χ3n) is 10.1. The quantitative estimate of drug-likeness (QED) is 0.191. The summed E-state index contributed by atoms with van der Waals surface area (Å²) in [6, 6.07) is 2.06. The first kappa shape index (κ1) is 40.5. The van der Waals surface area contributed by atoms with Crippen molar-refractivity contribution in [3.63, 3.8) is 0 Å². The zero-order valence-corrected chi connectivity index (χ0v) is 29.0. The number of nitrogens with zero attached hydrogens (tertiary/aromatic N) is 5. The second-order valence-electron chi connectivity index (χ2n) is 14.0. The van der Waals surface area contributed by atoms with Crippen LogP contribution in [0.2, 0.25) is 0 Å². The Morgan fingerprint density at radius 2 is 1.70 bits per heavy atom. The average Bonchev–Trinajstić information content (AvgIpc) is 3.42. The van der Waals surface area contributed by atoms with E-state index in [4.69, 9.17) is 20.4 Å². The number of aromatic nitrogens is 2. The molecule has 3 saturated heterocycles. The predicted molar refractivity (Wildman–Crippen MR) is 175 cm³/mol. The van der Waals surface area contributed by atoms with Gasteiger partial charge in [0.25, 0.3) is 0 Å². The van der Waals surface area contributed by atoms with Gasteiger partial charge in [-0.15, -0.1) is 0 Å². The van der Waals surface area contributed by atoms with Crippen molar-refractivity contribution < 1.29 is 58.5 Å². The molecule has 294 valence electrons. The van der Waals surface area contributed by atoms with Crippen LogP contribution in [0, 0.1) is 47.0 Å². The molecule has 4 heterocycles. The van der Waals surface area contributed by atoms with Gasteiger partial charge >= 0.3 is 24.3 Å². The number of piperidine rings is 1. The van der Waals surface area contributed by atoms with Crippen LogP contribution in [0.5, 0.6) is 6.01 Å². The molecule has 3 aromatic rings. The van der Waals surface area contributed by atoms with E-state index in [2.05, 4.69) is 15.3 Å². The Hall–Kier alpha value is -4.64. The molecular weight excluding hydrogens is 744 g/mol. The van der Waals surface area contributed by atoms with Gasteiger partial charge in [-0.2, -0.15) is 41.6 Å². The normalized spacial score (nSPS) is 23.2. The van der Waals surface area contributed by atoms with Gasteiger partial charge in [-0.05, 0) is 57.3 Å². The lowest BCUT2D eigenvalue weighted by Crippen LogP contribution is -2.51. The fourth-order valence-corrected chi connectivity index (χ4v) is 7.46. The zero-order chi connectivity index (χ0) is 40.1. The molecule has 1 aromatic heterocycles. The van der Waals surface area contributed by atoms with Crippen molar-refractivity contribution in [3.8, 4) is 23.2 Å². The highest BCUT2D eigenvalue weighted by Crippen LogP contribution is 2.47. The van der Waals surface area contributed by atoms with Crippen molar-refractivity contribution >= 4 is 28.4 Å². The maximum atomic E-state index is 16.7. The molecule has 3 fully saturated rings. The Kier molecular flexibility index (Phi) is 11.2. The van der Waals surface area contributed by atoms with Crippen molar-refractivity contribution in [2.24, 2.45) is 11.3 Å². The van der Waals surface area contributed by atoms with Crippen LogP contribution < -0.4 is 20.7 Å². The van der Waals surface area contributed by atoms with Gasteiger partial charge in [-0.1, -0.05) is 6.92 Å². The molecule has 0 aliphatic carbocycles. The molecule has 0 radical (unpaired) electrons. The number of nitrogens with one attached hydrogen (secondary N) is 1. The van der Waals surface area contributed by atoms with E-state index in [1.54, 1.807) is 0 Å². The van der Waals surface area contributed by atoms with Gasteiger partial charge in [-0.25, -0.2) is 18.0 Å². The summed E-state index contributed by atoms with van der Waals surface area (Å²) in [6.07, 6.45) is -8.06. The lowest BCUT2D eigenvalue weighted by Gasteiger charge is -2.43. The van der Waals surface area contributed by atoms with Crippen molar-refractivity contribution in [3.05, 3.63) is 40.2 Å². The number of benzene rings is 2. The second-order valence-corrected chi connectivity index (χ2v) is 14.0. The minimum Gasteiger partial charge on any atom is -0.475 e. The van der Waals surface area contributed by atoms with E-state index in [1.807, 2.05) is 23.8 Å². The number of fused-ring (bicyclic) bond motifs is 3. The molecule has 0 saturated carbocycles. The van der Waals surface area contributed by atoms with E-state index >= 15 is 8.78 Å². The summed E-state index contributed by atoms with van der Waals surface area (Å²) >= 11 is 0. The SMILES string of the molecule is Cc1c(F)c(N)c(C#N)c(-c2c(F)cc3c(N4C[C@H]5CC[C@@H](C4)N5)nc(OC[C@]4(C)CN(C)CC[C@@H]4CF)nc3c2F)c1C(F)(F)F.O=C(O)C(F)(F)F. The van der Waals surface area contributed by atoms with Gasteiger partial charge in [0, 0.05) is 48.1 Å². The van der Waals surface area contributed by atoms with Gasteiger partial charge in [-0.3, -0.25) is 4.39 Å². The molecule has 54 heavy (non-hydrogen) atoms. The standard InChI is InChI=1S/C32H34F7N7O.C2HF3O2/c1-15-24(32(37,38)39)22(20(10-40)27(41)25(15)35)23-21(34)8-19-28(26(23)36)43-30(44-29(19)46-11-17-4-5-18(12-46)42-17)47-14-31(2)13-45(3)7-6-16(31)9-33;3-2(4,5)1(6)7/h8,16-18,42H,4-7,9,11-14,41H2,1-3H3;(H,6,7)/t16-,17-,18+,31+;/m1./s1. The number of aliphatic carboxylic acids is 1. The summed E-state index contributed by atoms with van der Waals surface area (Å²) < 4.78 is 143. The van der Waals surface area contributed by atoms with E-state index in [0.29, 0.717) is 32.6 Å². The molecule has 3 aliphatic rings. The van der Waals surface area contributed by atoms with E-state index in [9.17, 15) is 40.4 Å². The summed E-state index contributed by atoms with van der Waals surface area (Å²) in [5.74, 6) is -7.45. The number of carboxylic acid groups (broad SMARTS) is 1. The number of anilines is 2. The van der Waals surface area contributed by atoms with Crippen LogP contribution in [0.25, 0.3) is 22.0 Å². The Morgan fingerprint density at radius 3 is 2.24 bits per heavy atom. The monoisotopic (exact) mass is 779 g/mol. The number of hydrogen-bond donors (Lipinski definition) is 3. The van der Waals surface area contributed by atoms with E-state index in [-0.39, 0.29) is 41.8 Å². The maximum absolute atomic E-state index is 16.7. The van der Waals surface area contributed by atoms with Crippen LogP contribution in [-0.2, 0) is 11.0 Å². The minimum absolute atomic E-state index is 0.0517. The van der Waals surface area contributed by atoms with Gasteiger partial charge in [0.15, 0.2) is 11.6 Å². The zero-order valence-electron chi connectivity index (χ0n) is 29.0. The molecule has 4 atom stereocenters. The third-order valence-corrected chi connectivity index (χ3v) is 10.1. The number of ether oxygens (including phenoxy) is 1. The Morgan fingerprint density at radius 1 is 1.09 bits per heavy atom. The highest BCUT2D eigenvalue weighted by Gasteiger charge is 2.43. The number of nitriles is 1. The van der Waals surface area contributed by atoms with Crippen LogP contribution in [0.4, 0.5) is 55.4 Å². The second kappa shape index (κ2) is 14.9. The van der Waals surface area contributed by atoms with Crippen LogP contribution >= 0.6 is 0 Å². The van der Waals surface area contributed by atoms with Crippen molar-refractivity contribution in [2.45, 2.75) is 57.5 Å². The van der Waals surface area contributed by atoms with Gasteiger partial charge in [0.2, 0.25) is 0 Å². The number of likely N-dealkylation sites (tertiary alicyclic amines) is 1. The minimum atomic E-state index is -5.31.